The highest BCUT2D eigenvalue weighted by Crippen LogP contribution is 2.15. The van der Waals surface area contributed by atoms with E-state index in [0.717, 1.165) is 16.7 Å². The SMILES string of the molecule is Cc1ccccc1/C=C/C(=O)NCCc1ccc(OC(F)F)cc1. The van der Waals surface area contributed by atoms with Crippen molar-refractivity contribution in [1.29, 1.82) is 0 Å². The fourth-order valence-electron chi connectivity index (χ4n) is 2.17. The van der Waals surface area contributed by atoms with Crippen LogP contribution in [0.3, 0.4) is 0 Å². The number of benzene rings is 2. The fourth-order valence-corrected chi connectivity index (χ4v) is 2.17. The van der Waals surface area contributed by atoms with Gasteiger partial charge in [0.25, 0.3) is 0 Å². The maximum atomic E-state index is 12.1. The van der Waals surface area contributed by atoms with E-state index in [4.69, 9.17) is 0 Å². The van der Waals surface area contributed by atoms with E-state index in [-0.39, 0.29) is 11.7 Å². The monoisotopic (exact) mass is 331 g/mol. The van der Waals surface area contributed by atoms with Gasteiger partial charge in [-0.25, -0.2) is 0 Å². The van der Waals surface area contributed by atoms with Crippen molar-refractivity contribution in [2.24, 2.45) is 0 Å². The van der Waals surface area contributed by atoms with Crippen LogP contribution in [0.25, 0.3) is 6.08 Å². The van der Waals surface area contributed by atoms with Gasteiger partial charge in [-0.05, 0) is 48.2 Å². The van der Waals surface area contributed by atoms with Crippen LogP contribution in [0, 0.1) is 6.92 Å². The molecule has 0 fully saturated rings. The van der Waals surface area contributed by atoms with Gasteiger partial charge in [-0.15, -0.1) is 0 Å². The van der Waals surface area contributed by atoms with Crippen molar-refractivity contribution in [3.63, 3.8) is 0 Å². The van der Waals surface area contributed by atoms with Crippen molar-refractivity contribution in [2.45, 2.75) is 20.0 Å². The molecule has 3 nitrogen and oxygen atoms in total. The summed E-state index contributed by atoms with van der Waals surface area (Å²) in [4.78, 5) is 11.8. The third kappa shape index (κ3) is 5.83. The normalized spacial score (nSPS) is 11.0. The Morgan fingerprint density at radius 3 is 2.54 bits per heavy atom. The topological polar surface area (TPSA) is 38.3 Å². The van der Waals surface area contributed by atoms with Crippen molar-refractivity contribution in [2.75, 3.05) is 6.54 Å². The highest BCUT2D eigenvalue weighted by atomic mass is 19.3. The highest BCUT2D eigenvalue weighted by Gasteiger charge is 2.04. The Kier molecular flexibility index (Phi) is 6.49. The summed E-state index contributed by atoms with van der Waals surface area (Å²) in [6, 6.07) is 14.2. The summed E-state index contributed by atoms with van der Waals surface area (Å²) < 4.78 is 28.4. The molecule has 126 valence electrons. The molecule has 0 bridgehead atoms. The second-order valence-electron chi connectivity index (χ2n) is 5.25. The molecule has 0 unspecified atom stereocenters. The lowest BCUT2D eigenvalue weighted by Crippen LogP contribution is -2.23. The van der Waals surface area contributed by atoms with Gasteiger partial charge in [-0.3, -0.25) is 4.79 Å². The number of carbonyl (C=O) groups is 1. The molecule has 0 radical (unpaired) electrons. The summed E-state index contributed by atoms with van der Waals surface area (Å²) in [5, 5.41) is 2.79. The Morgan fingerprint density at radius 2 is 1.88 bits per heavy atom. The largest absolute Gasteiger partial charge is 0.435 e. The average molecular weight is 331 g/mol. The Bertz CT molecular complexity index is 697. The Morgan fingerprint density at radius 1 is 1.17 bits per heavy atom. The van der Waals surface area contributed by atoms with Crippen molar-refractivity contribution < 1.29 is 18.3 Å². The molecule has 24 heavy (non-hydrogen) atoms. The number of ether oxygens (including phenoxy) is 1. The number of alkyl halides is 2. The minimum absolute atomic E-state index is 0.124. The van der Waals surface area contributed by atoms with Crippen molar-refractivity contribution >= 4 is 12.0 Å². The van der Waals surface area contributed by atoms with Crippen LogP contribution < -0.4 is 10.1 Å². The lowest BCUT2D eigenvalue weighted by Gasteiger charge is -2.06. The zero-order chi connectivity index (χ0) is 17.4. The van der Waals surface area contributed by atoms with Gasteiger partial charge < -0.3 is 10.1 Å². The first-order valence-corrected chi connectivity index (χ1v) is 7.60. The number of amides is 1. The van der Waals surface area contributed by atoms with E-state index in [2.05, 4.69) is 10.1 Å². The summed E-state index contributed by atoms with van der Waals surface area (Å²) in [6.07, 6.45) is 3.89. The maximum absolute atomic E-state index is 12.1. The Balaban J connectivity index is 1.77. The standard InChI is InChI=1S/C19H19F2NO2/c1-14-4-2-3-5-16(14)8-11-18(23)22-13-12-15-6-9-17(10-7-15)24-19(20)21/h2-11,19H,12-13H2,1H3,(H,22,23)/b11-8+. The minimum atomic E-state index is -2.82. The maximum Gasteiger partial charge on any atom is 0.387 e. The molecule has 0 heterocycles. The van der Waals surface area contributed by atoms with Crippen molar-refractivity contribution in [3.05, 3.63) is 71.3 Å². The lowest BCUT2D eigenvalue weighted by molar-refractivity contribution is -0.116. The lowest BCUT2D eigenvalue weighted by atomic mass is 10.1. The molecule has 2 aromatic carbocycles. The zero-order valence-electron chi connectivity index (χ0n) is 13.3. The molecule has 0 aliphatic heterocycles. The van der Waals surface area contributed by atoms with E-state index in [1.165, 1.54) is 18.2 Å². The van der Waals surface area contributed by atoms with Crippen LogP contribution in [0.5, 0.6) is 5.75 Å². The zero-order valence-corrected chi connectivity index (χ0v) is 13.3. The van der Waals surface area contributed by atoms with E-state index >= 15 is 0 Å². The summed E-state index contributed by atoms with van der Waals surface area (Å²) >= 11 is 0. The average Bonchev–Trinajstić information content (AvgIpc) is 2.55. The predicted octanol–water partition coefficient (Wildman–Crippen LogP) is 3.97. The molecule has 0 atom stereocenters. The van der Waals surface area contributed by atoms with Gasteiger partial charge >= 0.3 is 6.61 Å². The van der Waals surface area contributed by atoms with Crippen LogP contribution >= 0.6 is 0 Å². The van der Waals surface area contributed by atoms with Gasteiger partial charge in [0.2, 0.25) is 5.91 Å². The van der Waals surface area contributed by atoms with Crippen LogP contribution in [0.1, 0.15) is 16.7 Å². The van der Waals surface area contributed by atoms with Crippen LogP contribution in [0.4, 0.5) is 8.78 Å². The second kappa shape index (κ2) is 8.82. The highest BCUT2D eigenvalue weighted by molar-refractivity contribution is 5.91. The number of nitrogens with one attached hydrogen (secondary N) is 1. The predicted molar refractivity (Wildman–Crippen MR) is 90.0 cm³/mol. The van der Waals surface area contributed by atoms with Crippen molar-refractivity contribution in [3.8, 4) is 5.75 Å². The van der Waals surface area contributed by atoms with Gasteiger partial charge in [0.05, 0.1) is 0 Å². The summed E-state index contributed by atoms with van der Waals surface area (Å²) in [5.41, 5.74) is 3.04. The number of rotatable bonds is 7. The first-order valence-electron chi connectivity index (χ1n) is 7.60. The van der Waals surface area contributed by atoms with Crippen LogP contribution in [0.15, 0.2) is 54.6 Å². The fraction of sp³-hybridized carbons (Fsp3) is 0.211. The molecule has 0 spiro atoms. The Hall–Kier alpha value is -2.69. The molecule has 2 aromatic rings. The van der Waals surface area contributed by atoms with E-state index in [9.17, 15) is 13.6 Å². The molecule has 0 aliphatic rings. The van der Waals surface area contributed by atoms with Gasteiger partial charge in [-0.2, -0.15) is 8.78 Å². The molecule has 0 aromatic heterocycles. The molecule has 5 heteroatoms. The summed E-state index contributed by atoms with van der Waals surface area (Å²) in [7, 11) is 0. The van der Waals surface area contributed by atoms with Crippen LogP contribution in [-0.4, -0.2) is 19.1 Å². The van der Waals surface area contributed by atoms with Crippen LogP contribution in [-0.2, 0) is 11.2 Å². The summed E-state index contributed by atoms with van der Waals surface area (Å²) in [5.74, 6) is -0.0464. The second-order valence-corrected chi connectivity index (χ2v) is 5.25. The first-order chi connectivity index (χ1) is 11.5. The van der Waals surface area contributed by atoms with Gasteiger partial charge in [0.15, 0.2) is 0 Å². The number of aryl methyl sites for hydroxylation is 1. The third-order valence-corrected chi connectivity index (χ3v) is 3.46. The smallest absolute Gasteiger partial charge is 0.387 e. The molecule has 0 aliphatic carbocycles. The first kappa shape index (κ1) is 17.7. The van der Waals surface area contributed by atoms with E-state index in [0.29, 0.717) is 13.0 Å². The third-order valence-electron chi connectivity index (χ3n) is 3.46. The van der Waals surface area contributed by atoms with Crippen LogP contribution in [0.2, 0.25) is 0 Å². The number of hydrogen-bond donors (Lipinski definition) is 1. The quantitative estimate of drug-likeness (QED) is 0.780. The minimum Gasteiger partial charge on any atom is -0.435 e. The Labute approximate surface area is 140 Å². The number of hydrogen-bond acceptors (Lipinski definition) is 2. The van der Waals surface area contributed by atoms with Gasteiger partial charge in [-0.1, -0.05) is 36.4 Å². The number of carbonyl (C=O) groups excluding carboxylic acids is 1. The van der Waals surface area contributed by atoms with Crippen molar-refractivity contribution in [1.82, 2.24) is 5.32 Å². The molecular formula is C19H19F2NO2. The van der Waals surface area contributed by atoms with E-state index in [1.54, 1.807) is 18.2 Å². The molecule has 0 saturated heterocycles. The molecule has 1 N–H and O–H groups in total. The van der Waals surface area contributed by atoms with Gasteiger partial charge in [0, 0.05) is 12.6 Å². The molecule has 2 rings (SSSR count). The summed E-state index contributed by atoms with van der Waals surface area (Å²) in [6.45, 7) is -0.375. The number of halogens is 2. The molecule has 0 saturated carbocycles. The van der Waals surface area contributed by atoms with E-state index < -0.39 is 6.61 Å². The van der Waals surface area contributed by atoms with E-state index in [1.807, 2.05) is 31.2 Å². The molecule has 1 amide bonds. The van der Waals surface area contributed by atoms with Gasteiger partial charge in [0.1, 0.15) is 5.75 Å². The molecular weight excluding hydrogens is 312 g/mol.